The molecular weight excluding hydrogens is 548 g/mol. The highest BCUT2D eigenvalue weighted by Gasteiger charge is 2.41. The molecule has 2 heterocycles. The maximum Gasteiger partial charge on any atom is 0.411 e. The van der Waals surface area contributed by atoms with E-state index in [9.17, 15) is 24.8 Å². The third-order valence-corrected chi connectivity index (χ3v) is 9.12. The van der Waals surface area contributed by atoms with E-state index in [-0.39, 0.29) is 47.7 Å². The summed E-state index contributed by atoms with van der Waals surface area (Å²) in [6.07, 6.45) is 0.544. The molecule has 0 aliphatic carbocycles. The van der Waals surface area contributed by atoms with Gasteiger partial charge in [0.25, 0.3) is 5.69 Å². The molecule has 2 N–H and O–H groups in total. The summed E-state index contributed by atoms with van der Waals surface area (Å²) in [5.41, 5.74) is 1.70. The number of aromatic hydroxyl groups is 1. The number of rotatable bonds is 7. The lowest BCUT2D eigenvalue weighted by Crippen LogP contribution is -2.58. The zero-order valence-corrected chi connectivity index (χ0v) is 26.4. The number of nitrogens with zero attached hydrogens (tertiary/aromatic N) is 3. The van der Waals surface area contributed by atoms with E-state index in [1.807, 2.05) is 12.1 Å². The number of likely N-dealkylation sites (tertiary alicyclic amines) is 1. The molecule has 2 aliphatic rings. The molecule has 2 aromatic carbocycles. The molecule has 10 nitrogen and oxygen atoms in total. The summed E-state index contributed by atoms with van der Waals surface area (Å²) in [5, 5.41) is 24.7. The van der Waals surface area contributed by atoms with Crippen LogP contribution in [0.1, 0.15) is 71.6 Å². The lowest BCUT2D eigenvalue weighted by atomic mass is 9.68. The van der Waals surface area contributed by atoms with E-state index in [0.29, 0.717) is 18.0 Å². The number of amides is 2. The van der Waals surface area contributed by atoms with Crippen molar-refractivity contribution in [1.29, 1.82) is 0 Å². The van der Waals surface area contributed by atoms with Crippen LogP contribution in [0.15, 0.2) is 42.5 Å². The standard InChI is InChI=1S/C33H46N4O6/c1-21(2)28(20-35-14-13-33(7,22(3)18-35)25-9-8-10-27(38)17-25)34-30(39)29-16-23-11-12-26(37(41)42)15-24(23)19-36(29)31(40)43-32(4,5)6/h8-12,15,17,21-22,28-29,38H,13-14,16,18-20H2,1-7H3,(H,34,39)/t22-,28+,29+,33+/m0/s1. The largest absolute Gasteiger partial charge is 0.508 e. The maximum atomic E-state index is 13.9. The van der Waals surface area contributed by atoms with Gasteiger partial charge in [0.2, 0.25) is 5.91 Å². The van der Waals surface area contributed by atoms with Crippen molar-refractivity contribution >= 4 is 17.7 Å². The first-order valence-corrected chi connectivity index (χ1v) is 15.2. The van der Waals surface area contributed by atoms with Crippen LogP contribution in [0.3, 0.4) is 0 Å². The van der Waals surface area contributed by atoms with Gasteiger partial charge in [0, 0.05) is 37.7 Å². The van der Waals surface area contributed by atoms with Gasteiger partial charge in [-0.15, -0.1) is 0 Å². The molecule has 0 unspecified atom stereocenters. The number of fused-ring (bicyclic) bond motifs is 1. The Morgan fingerprint density at radius 1 is 1.19 bits per heavy atom. The predicted molar refractivity (Wildman–Crippen MR) is 165 cm³/mol. The first kappa shape index (κ1) is 32.3. The van der Waals surface area contributed by atoms with E-state index in [1.165, 1.54) is 17.0 Å². The van der Waals surface area contributed by atoms with E-state index in [0.717, 1.165) is 30.6 Å². The smallest absolute Gasteiger partial charge is 0.411 e. The molecule has 4 atom stereocenters. The van der Waals surface area contributed by atoms with Gasteiger partial charge < -0.3 is 20.1 Å². The number of nitrogens with one attached hydrogen (secondary N) is 1. The number of phenols is 1. The SMILES string of the molecule is CC(C)[C@@H](CN1CC[C@@](C)(c2cccc(O)c2)[C@@H](C)C1)NC(=O)[C@H]1Cc2ccc([N+](=O)[O-])cc2CN1C(=O)OC(C)(C)C. The van der Waals surface area contributed by atoms with Gasteiger partial charge in [-0.05, 0) is 79.8 Å². The molecule has 2 amide bonds. The Kier molecular flexibility index (Phi) is 9.39. The fourth-order valence-electron chi connectivity index (χ4n) is 6.18. The number of nitro benzene ring substituents is 1. The molecule has 0 radical (unpaired) electrons. The number of carbonyl (C=O) groups excluding carboxylic acids is 2. The Balaban J connectivity index is 1.50. The average Bonchev–Trinajstić information content (AvgIpc) is 2.92. The third kappa shape index (κ3) is 7.47. The number of ether oxygens (including phenoxy) is 1. The minimum Gasteiger partial charge on any atom is -0.508 e. The van der Waals surface area contributed by atoms with Gasteiger partial charge in [-0.1, -0.05) is 45.9 Å². The molecule has 10 heteroatoms. The molecule has 43 heavy (non-hydrogen) atoms. The van der Waals surface area contributed by atoms with Gasteiger partial charge in [-0.2, -0.15) is 0 Å². The van der Waals surface area contributed by atoms with Crippen LogP contribution in [-0.2, 0) is 27.9 Å². The number of benzene rings is 2. The molecule has 234 valence electrons. The second kappa shape index (κ2) is 12.5. The van der Waals surface area contributed by atoms with Crippen molar-refractivity contribution in [1.82, 2.24) is 15.1 Å². The second-order valence-corrected chi connectivity index (χ2v) is 13.8. The van der Waals surface area contributed by atoms with Crippen molar-refractivity contribution in [2.24, 2.45) is 11.8 Å². The summed E-state index contributed by atoms with van der Waals surface area (Å²) < 4.78 is 5.65. The molecule has 1 fully saturated rings. The van der Waals surface area contributed by atoms with Gasteiger partial charge in [0.1, 0.15) is 17.4 Å². The monoisotopic (exact) mass is 594 g/mol. The number of phenolic OH excluding ortho intramolecular Hbond substituents is 1. The van der Waals surface area contributed by atoms with Crippen LogP contribution < -0.4 is 5.32 Å². The van der Waals surface area contributed by atoms with Gasteiger partial charge >= 0.3 is 6.09 Å². The summed E-state index contributed by atoms with van der Waals surface area (Å²) in [7, 11) is 0. The third-order valence-electron chi connectivity index (χ3n) is 9.12. The maximum absolute atomic E-state index is 13.9. The normalized spacial score (nSPS) is 23.4. The van der Waals surface area contributed by atoms with Crippen molar-refractivity contribution in [3.05, 3.63) is 69.3 Å². The lowest BCUT2D eigenvalue weighted by Gasteiger charge is -2.46. The van der Waals surface area contributed by atoms with Crippen LogP contribution in [-0.4, -0.2) is 69.1 Å². The van der Waals surface area contributed by atoms with Crippen LogP contribution in [0, 0.1) is 22.0 Å². The Bertz CT molecular complexity index is 1360. The number of nitro groups is 1. The highest BCUT2D eigenvalue weighted by Crippen LogP contribution is 2.40. The molecule has 1 saturated heterocycles. The summed E-state index contributed by atoms with van der Waals surface area (Å²) in [6.45, 7) is 16.4. The fraction of sp³-hybridized carbons (Fsp3) is 0.576. The Morgan fingerprint density at radius 3 is 2.51 bits per heavy atom. The van der Waals surface area contributed by atoms with E-state index >= 15 is 0 Å². The number of piperidine rings is 1. The molecule has 0 aromatic heterocycles. The van der Waals surface area contributed by atoms with Crippen molar-refractivity contribution in [2.75, 3.05) is 19.6 Å². The number of hydrogen-bond donors (Lipinski definition) is 2. The zero-order valence-electron chi connectivity index (χ0n) is 26.4. The van der Waals surface area contributed by atoms with Crippen LogP contribution in [0.4, 0.5) is 10.5 Å². The first-order chi connectivity index (χ1) is 20.1. The van der Waals surface area contributed by atoms with Crippen molar-refractivity contribution in [3.63, 3.8) is 0 Å². The topological polar surface area (TPSA) is 125 Å². The zero-order chi connectivity index (χ0) is 31.7. The quantitative estimate of drug-likeness (QED) is 0.325. The molecule has 2 aliphatic heterocycles. The van der Waals surface area contributed by atoms with E-state index in [4.69, 9.17) is 4.74 Å². The number of non-ortho nitro benzene ring substituents is 1. The minimum absolute atomic E-state index is 0.0492. The minimum atomic E-state index is -0.806. The summed E-state index contributed by atoms with van der Waals surface area (Å²) in [4.78, 5) is 41.9. The number of carbonyl (C=O) groups is 2. The van der Waals surface area contributed by atoms with E-state index in [2.05, 4.69) is 44.0 Å². The van der Waals surface area contributed by atoms with Crippen molar-refractivity contribution < 1.29 is 24.4 Å². The molecule has 0 spiro atoms. The van der Waals surface area contributed by atoms with Crippen molar-refractivity contribution in [2.45, 2.75) is 91.0 Å². The van der Waals surface area contributed by atoms with Crippen LogP contribution in [0.25, 0.3) is 0 Å². The lowest BCUT2D eigenvalue weighted by molar-refractivity contribution is -0.385. The van der Waals surface area contributed by atoms with Crippen LogP contribution in [0.2, 0.25) is 0 Å². The molecule has 2 aromatic rings. The van der Waals surface area contributed by atoms with E-state index < -0.39 is 22.7 Å². The molecular formula is C33H46N4O6. The molecule has 0 bridgehead atoms. The van der Waals surface area contributed by atoms with Gasteiger partial charge in [0.05, 0.1) is 11.5 Å². The predicted octanol–water partition coefficient (Wildman–Crippen LogP) is 5.40. The Labute approximate surface area is 254 Å². The fourth-order valence-corrected chi connectivity index (χ4v) is 6.18. The van der Waals surface area contributed by atoms with Gasteiger partial charge in [-0.25, -0.2) is 4.79 Å². The second-order valence-electron chi connectivity index (χ2n) is 13.8. The average molecular weight is 595 g/mol. The molecule has 4 rings (SSSR count). The Morgan fingerprint density at radius 2 is 1.91 bits per heavy atom. The highest BCUT2D eigenvalue weighted by molar-refractivity contribution is 5.87. The highest BCUT2D eigenvalue weighted by atomic mass is 16.6. The first-order valence-electron chi connectivity index (χ1n) is 15.2. The van der Waals surface area contributed by atoms with Crippen LogP contribution in [0.5, 0.6) is 5.75 Å². The van der Waals surface area contributed by atoms with E-state index in [1.54, 1.807) is 32.9 Å². The number of hydrogen-bond acceptors (Lipinski definition) is 7. The van der Waals surface area contributed by atoms with Crippen LogP contribution >= 0.6 is 0 Å². The van der Waals surface area contributed by atoms with Gasteiger partial charge in [0.15, 0.2) is 0 Å². The Hall–Kier alpha value is -3.66. The summed E-state index contributed by atoms with van der Waals surface area (Å²) in [6, 6.07) is 11.2. The van der Waals surface area contributed by atoms with Crippen molar-refractivity contribution in [3.8, 4) is 5.75 Å². The molecule has 0 saturated carbocycles. The summed E-state index contributed by atoms with van der Waals surface area (Å²) >= 11 is 0. The van der Waals surface area contributed by atoms with Gasteiger partial charge in [-0.3, -0.25) is 19.8 Å². The summed E-state index contributed by atoms with van der Waals surface area (Å²) in [5.74, 6) is 0.489.